The third-order valence-electron chi connectivity index (χ3n) is 2.81. The molecule has 18 heavy (non-hydrogen) atoms. The van der Waals surface area contributed by atoms with Crippen molar-refractivity contribution >= 4 is 15.9 Å². The first-order valence-electron chi connectivity index (χ1n) is 5.96. The summed E-state index contributed by atoms with van der Waals surface area (Å²) in [7, 11) is -0.692. The zero-order chi connectivity index (χ0) is 14.5. The van der Waals surface area contributed by atoms with Crippen molar-refractivity contribution in [3.63, 3.8) is 0 Å². The van der Waals surface area contributed by atoms with Crippen LogP contribution in [-0.2, 0) is 14.8 Å². The average Bonchev–Trinajstić information content (AvgIpc) is 2.25. The summed E-state index contributed by atoms with van der Waals surface area (Å²) in [6.07, 6.45) is 0.333. The molecule has 0 aliphatic carbocycles. The minimum absolute atomic E-state index is 0.0496. The standard InChI is InChI=1S/C11H24N2O4S/c1-8(2)10(6-7-14)12-18(16,17)9(3)11(15)13(4)5/h8-10,12,14H,6-7H2,1-5H3/t9-,10+/m1/s1. The van der Waals surface area contributed by atoms with E-state index in [0.717, 1.165) is 0 Å². The summed E-state index contributed by atoms with van der Waals surface area (Å²) in [5.74, 6) is -0.414. The maximum atomic E-state index is 12.0. The summed E-state index contributed by atoms with van der Waals surface area (Å²) >= 11 is 0. The highest BCUT2D eigenvalue weighted by Gasteiger charge is 2.31. The predicted octanol–water partition coefficient (Wildman–Crippen LogP) is -0.210. The van der Waals surface area contributed by atoms with Gasteiger partial charge in [-0.05, 0) is 19.3 Å². The van der Waals surface area contributed by atoms with Gasteiger partial charge in [-0.2, -0.15) is 0 Å². The van der Waals surface area contributed by atoms with Gasteiger partial charge in [0.05, 0.1) is 0 Å². The predicted molar refractivity (Wildman–Crippen MR) is 70.5 cm³/mol. The van der Waals surface area contributed by atoms with Gasteiger partial charge in [0, 0.05) is 26.7 Å². The van der Waals surface area contributed by atoms with Crippen LogP contribution in [0.1, 0.15) is 27.2 Å². The first-order chi connectivity index (χ1) is 8.13. The van der Waals surface area contributed by atoms with Gasteiger partial charge in [-0.3, -0.25) is 4.79 Å². The van der Waals surface area contributed by atoms with Crippen LogP contribution in [0.5, 0.6) is 0 Å². The van der Waals surface area contributed by atoms with E-state index in [9.17, 15) is 13.2 Å². The SMILES string of the molecule is CC(C)[C@H](CCO)NS(=O)(=O)[C@H](C)C(=O)N(C)C. The third kappa shape index (κ3) is 4.91. The van der Waals surface area contributed by atoms with Crippen molar-refractivity contribution in [2.24, 2.45) is 5.92 Å². The number of amides is 1. The monoisotopic (exact) mass is 280 g/mol. The van der Waals surface area contributed by atoms with Crippen molar-refractivity contribution in [3.05, 3.63) is 0 Å². The van der Waals surface area contributed by atoms with Gasteiger partial charge in [0.1, 0.15) is 0 Å². The van der Waals surface area contributed by atoms with Crippen molar-refractivity contribution in [2.45, 2.75) is 38.5 Å². The fourth-order valence-electron chi connectivity index (χ4n) is 1.48. The van der Waals surface area contributed by atoms with Gasteiger partial charge in [-0.15, -0.1) is 0 Å². The smallest absolute Gasteiger partial charge is 0.241 e. The molecule has 2 atom stereocenters. The molecule has 0 rings (SSSR count). The maximum absolute atomic E-state index is 12.0. The van der Waals surface area contributed by atoms with Gasteiger partial charge in [-0.25, -0.2) is 13.1 Å². The highest BCUT2D eigenvalue weighted by molar-refractivity contribution is 7.90. The molecule has 0 aliphatic heterocycles. The van der Waals surface area contributed by atoms with Gasteiger partial charge < -0.3 is 10.0 Å². The normalized spacial score (nSPS) is 15.5. The van der Waals surface area contributed by atoms with E-state index in [1.54, 1.807) is 0 Å². The number of hydrogen-bond donors (Lipinski definition) is 2. The highest BCUT2D eigenvalue weighted by atomic mass is 32.2. The van der Waals surface area contributed by atoms with Crippen LogP contribution in [0.25, 0.3) is 0 Å². The molecule has 7 heteroatoms. The molecule has 0 fully saturated rings. The van der Waals surface area contributed by atoms with Crippen molar-refractivity contribution < 1.29 is 18.3 Å². The second-order valence-electron chi connectivity index (χ2n) is 4.90. The molecule has 108 valence electrons. The van der Waals surface area contributed by atoms with Crippen LogP contribution >= 0.6 is 0 Å². The van der Waals surface area contributed by atoms with E-state index in [1.165, 1.54) is 25.9 Å². The van der Waals surface area contributed by atoms with Gasteiger partial charge in [0.25, 0.3) is 0 Å². The quantitative estimate of drug-likeness (QED) is 0.675. The Bertz CT molecular complexity index is 365. The average molecular weight is 280 g/mol. The van der Waals surface area contributed by atoms with Gasteiger partial charge in [0.2, 0.25) is 15.9 Å². The molecule has 0 radical (unpaired) electrons. The number of hydrogen-bond acceptors (Lipinski definition) is 4. The fraction of sp³-hybridized carbons (Fsp3) is 0.909. The Hall–Kier alpha value is -0.660. The van der Waals surface area contributed by atoms with Crippen LogP contribution in [0.15, 0.2) is 0 Å². The fourth-order valence-corrected chi connectivity index (χ4v) is 2.97. The Morgan fingerprint density at radius 2 is 1.78 bits per heavy atom. The van der Waals surface area contributed by atoms with E-state index in [1.807, 2.05) is 13.8 Å². The minimum atomic E-state index is -3.72. The molecule has 6 nitrogen and oxygen atoms in total. The number of nitrogens with one attached hydrogen (secondary N) is 1. The second-order valence-corrected chi connectivity index (χ2v) is 6.93. The Balaban J connectivity index is 4.88. The summed E-state index contributed by atoms with van der Waals surface area (Å²) < 4.78 is 26.5. The largest absolute Gasteiger partial charge is 0.396 e. The van der Waals surface area contributed by atoms with Crippen LogP contribution in [-0.4, -0.2) is 56.3 Å². The van der Waals surface area contributed by atoms with E-state index >= 15 is 0 Å². The van der Waals surface area contributed by atoms with E-state index in [-0.39, 0.29) is 18.6 Å². The molecule has 0 heterocycles. The lowest BCUT2D eigenvalue weighted by molar-refractivity contribution is -0.127. The Kier molecular flexibility index (Phi) is 6.80. The van der Waals surface area contributed by atoms with Crippen molar-refractivity contribution in [3.8, 4) is 0 Å². The van der Waals surface area contributed by atoms with Crippen LogP contribution in [0.4, 0.5) is 0 Å². The lowest BCUT2D eigenvalue weighted by Crippen LogP contribution is -2.48. The van der Waals surface area contributed by atoms with Gasteiger partial charge in [-0.1, -0.05) is 13.8 Å². The van der Waals surface area contributed by atoms with Crippen LogP contribution in [0.3, 0.4) is 0 Å². The van der Waals surface area contributed by atoms with E-state index in [2.05, 4.69) is 4.72 Å². The number of sulfonamides is 1. The summed E-state index contributed by atoms with van der Waals surface area (Å²) in [6.45, 7) is 4.99. The molecule has 0 saturated carbocycles. The van der Waals surface area contributed by atoms with Crippen molar-refractivity contribution in [1.82, 2.24) is 9.62 Å². The molecular formula is C11H24N2O4S. The molecular weight excluding hydrogens is 256 g/mol. The number of aliphatic hydroxyl groups is 1. The molecule has 0 aromatic rings. The molecule has 0 saturated heterocycles. The summed E-state index contributed by atoms with van der Waals surface area (Å²) in [5, 5.41) is 7.78. The molecule has 0 aliphatic rings. The number of carbonyl (C=O) groups excluding carboxylic acids is 1. The molecule has 0 unspecified atom stereocenters. The topological polar surface area (TPSA) is 86.7 Å². The zero-order valence-corrected chi connectivity index (χ0v) is 12.5. The highest BCUT2D eigenvalue weighted by Crippen LogP contribution is 2.10. The number of nitrogens with zero attached hydrogens (tertiary/aromatic N) is 1. The minimum Gasteiger partial charge on any atom is -0.396 e. The van der Waals surface area contributed by atoms with Crippen LogP contribution in [0, 0.1) is 5.92 Å². The third-order valence-corrected chi connectivity index (χ3v) is 4.58. The molecule has 0 spiro atoms. The Morgan fingerprint density at radius 1 is 1.28 bits per heavy atom. The lowest BCUT2D eigenvalue weighted by atomic mass is 10.0. The van der Waals surface area contributed by atoms with Crippen molar-refractivity contribution in [2.75, 3.05) is 20.7 Å². The van der Waals surface area contributed by atoms with Crippen molar-refractivity contribution in [1.29, 1.82) is 0 Å². The zero-order valence-electron chi connectivity index (χ0n) is 11.7. The van der Waals surface area contributed by atoms with Gasteiger partial charge in [0.15, 0.2) is 5.25 Å². The maximum Gasteiger partial charge on any atom is 0.241 e. The van der Waals surface area contributed by atoms with E-state index < -0.39 is 21.2 Å². The second kappa shape index (κ2) is 7.06. The number of rotatable bonds is 7. The number of aliphatic hydroxyl groups excluding tert-OH is 1. The van der Waals surface area contributed by atoms with Crippen LogP contribution in [0.2, 0.25) is 0 Å². The molecule has 1 amide bonds. The summed E-state index contributed by atoms with van der Waals surface area (Å²) in [6, 6.07) is -0.364. The first-order valence-corrected chi connectivity index (χ1v) is 7.51. The summed E-state index contributed by atoms with van der Waals surface area (Å²) in [5.41, 5.74) is 0. The van der Waals surface area contributed by atoms with Gasteiger partial charge >= 0.3 is 0 Å². The molecule has 0 bridgehead atoms. The summed E-state index contributed by atoms with van der Waals surface area (Å²) in [4.78, 5) is 12.9. The number of carbonyl (C=O) groups is 1. The van der Waals surface area contributed by atoms with E-state index in [0.29, 0.717) is 6.42 Å². The molecule has 2 N–H and O–H groups in total. The Morgan fingerprint density at radius 3 is 2.11 bits per heavy atom. The van der Waals surface area contributed by atoms with E-state index in [4.69, 9.17) is 5.11 Å². The molecule has 0 aromatic heterocycles. The van der Waals surface area contributed by atoms with Crippen LogP contribution < -0.4 is 4.72 Å². The first kappa shape index (κ1) is 17.3. The lowest BCUT2D eigenvalue weighted by Gasteiger charge is -2.24. The Labute approximate surface area is 109 Å². The molecule has 0 aromatic carbocycles.